The maximum Gasteiger partial charge on any atom is 0.277 e. The SMILES string of the molecule is Cc1ncc(Cl)c(C(=O)Nc2cc(-c3ccccc3C)nn2C)n1. The summed E-state index contributed by atoms with van der Waals surface area (Å²) in [5, 5.41) is 7.46. The van der Waals surface area contributed by atoms with Crippen molar-refractivity contribution in [3.63, 3.8) is 0 Å². The van der Waals surface area contributed by atoms with Crippen LogP contribution >= 0.6 is 11.6 Å². The Morgan fingerprint density at radius 2 is 2.00 bits per heavy atom. The van der Waals surface area contributed by atoms with Crippen molar-refractivity contribution in [1.29, 1.82) is 0 Å². The highest BCUT2D eigenvalue weighted by molar-refractivity contribution is 6.33. The van der Waals surface area contributed by atoms with Crippen LogP contribution in [0.15, 0.2) is 36.5 Å². The second kappa shape index (κ2) is 6.41. The average molecular weight is 342 g/mol. The van der Waals surface area contributed by atoms with Gasteiger partial charge in [0.05, 0.1) is 16.9 Å². The Labute approximate surface area is 144 Å². The molecule has 1 amide bonds. The Hall–Kier alpha value is -2.73. The number of nitrogens with zero attached hydrogens (tertiary/aromatic N) is 4. The first-order valence-electron chi connectivity index (χ1n) is 7.36. The van der Waals surface area contributed by atoms with Crippen molar-refractivity contribution in [2.45, 2.75) is 13.8 Å². The molecule has 0 fully saturated rings. The molecule has 122 valence electrons. The van der Waals surface area contributed by atoms with E-state index >= 15 is 0 Å². The van der Waals surface area contributed by atoms with Gasteiger partial charge < -0.3 is 5.32 Å². The van der Waals surface area contributed by atoms with Gasteiger partial charge in [0.15, 0.2) is 5.69 Å². The first-order chi connectivity index (χ1) is 11.5. The maximum absolute atomic E-state index is 12.4. The fourth-order valence-electron chi connectivity index (χ4n) is 2.37. The number of carbonyl (C=O) groups is 1. The third kappa shape index (κ3) is 3.14. The molecule has 2 aromatic heterocycles. The van der Waals surface area contributed by atoms with Crippen LogP contribution in [0.2, 0.25) is 5.02 Å². The Morgan fingerprint density at radius 1 is 1.25 bits per heavy atom. The van der Waals surface area contributed by atoms with Gasteiger partial charge in [0.25, 0.3) is 5.91 Å². The first-order valence-corrected chi connectivity index (χ1v) is 7.74. The van der Waals surface area contributed by atoms with Crippen LogP contribution in [0, 0.1) is 13.8 Å². The monoisotopic (exact) mass is 341 g/mol. The van der Waals surface area contributed by atoms with Crippen molar-refractivity contribution in [3.05, 3.63) is 58.6 Å². The predicted molar refractivity (Wildman–Crippen MR) is 93.1 cm³/mol. The molecule has 0 radical (unpaired) electrons. The molecule has 3 aromatic rings. The minimum Gasteiger partial charge on any atom is -0.305 e. The average Bonchev–Trinajstić information content (AvgIpc) is 2.90. The smallest absolute Gasteiger partial charge is 0.277 e. The normalized spacial score (nSPS) is 10.7. The van der Waals surface area contributed by atoms with Crippen LogP contribution < -0.4 is 5.32 Å². The number of amides is 1. The third-order valence-electron chi connectivity index (χ3n) is 3.62. The van der Waals surface area contributed by atoms with Gasteiger partial charge in [0.2, 0.25) is 0 Å². The van der Waals surface area contributed by atoms with E-state index in [1.165, 1.54) is 6.20 Å². The van der Waals surface area contributed by atoms with E-state index in [2.05, 4.69) is 20.4 Å². The summed E-state index contributed by atoms with van der Waals surface area (Å²) in [5.74, 6) is 0.644. The van der Waals surface area contributed by atoms with E-state index in [1.807, 2.05) is 37.3 Å². The molecule has 0 aliphatic heterocycles. The molecule has 1 N–H and O–H groups in total. The first kappa shape index (κ1) is 16.1. The van der Waals surface area contributed by atoms with Gasteiger partial charge >= 0.3 is 0 Å². The molecular weight excluding hydrogens is 326 g/mol. The number of carbonyl (C=O) groups excluding carboxylic acids is 1. The van der Waals surface area contributed by atoms with Crippen molar-refractivity contribution in [2.24, 2.45) is 7.05 Å². The number of aryl methyl sites for hydroxylation is 3. The highest BCUT2D eigenvalue weighted by atomic mass is 35.5. The molecule has 0 saturated carbocycles. The lowest BCUT2D eigenvalue weighted by Gasteiger charge is -2.06. The molecule has 0 aliphatic rings. The van der Waals surface area contributed by atoms with Gasteiger partial charge in [-0.05, 0) is 19.4 Å². The van der Waals surface area contributed by atoms with Gasteiger partial charge in [0.1, 0.15) is 11.6 Å². The fourth-order valence-corrected chi connectivity index (χ4v) is 2.54. The lowest BCUT2D eigenvalue weighted by atomic mass is 10.1. The van der Waals surface area contributed by atoms with Gasteiger partial charge in [-0.2, -0.15) is 5.10 Å². The summed E-state index contributed by atoms with van der Waals surface area (Å²) in [6, 6.07) is 9.77. The molecule has 24 heavy (non-hydrogen) atoms. The highest BCUT2D eigenvalue weighted by Crippen LogP contribution is 2.25. The Morgan fingerprint density at radius 3 is 2.75 bits per heavy atom. The minimum atomic E-state index is -0.398. The number of halogens is 1. The summed E-state index contributed by atoms with van der Waals surface area (Å²) in [4.78, 5) is 20.5. The second-order valence-electron chi connectivity index (χ2n) is 5.42. The van der Waals surface area contributed by atoms with Gasteiger partial charge in [-0.25, -0.2) is 9.97 Å². The van der Waals surface area contributed by atoms with Gasteiger partial charge in [0, 0.05) is 18.7 Å². The zero-order chi connectivity index (χ0) is 17.3. The summed E-state index contributed by atoms with van der Waals surface area (Å²) in [5.41, 5.74) is 3.06. The molecule has 0 spiro atoms. The molecule has 1 aromatic carbocycles. The third-order valence-corrected chi connectivity index (χ3v) is 3.90. The largest absolute Gasteiger partial charge is 0.305 e. The van der Waals surface area contributed by atoms with Crippen LogP contribution in [0.1, 0.15) is 21.9 Å². The van der Waals surface area contributed by atoms with E-state index in [0.29, 0.717) is 11.6 Å². The van der Waals surface area contributed by atoms with Gasteiger partial charge in [-0.3, -0.25) is 9.48 Å². The summed E-state index contributed by atoms with van der Waals surface area (Å²) < 4.78 is 1.61. The Kier molecular flexibility index (Phi) is 4.31. The number of hydrogen-bond donors (Lipinski definition) is 1. The summed E-state index contributed by atoms with van der Waals surface area (Å²) in [7, 11) is 1.77. The number of aromatic nitrogens is 4. The van der Waals surface area contributed by atoms with Crippen molar-refractivity contribution >= 4 is 23.3 Å². The molecule has 0 saturated heterocycles. The standard InChI is InChI=1S/C17H16ClN5O/c1-10-6-4-5-7-12(10)14-8-15(23(3)22-14)21-17(24)16-13(18)9-19-11(2)20-16/h4-9H,1-3H3,(H,21,24). The van der Waals surface area contributed by atoms with E-state index in [9.17, 15) is 4.79 Å². The molecule has 0 bridgehead atoms. The number of nitrogens with one attached hydrogen (secondary N) is 1. The van der Waals surface area contributed by atoms with Crippen LogP contribution in [0.5, 0.6) is 0 Å². The second-order valence-corrected chi connectivity index (χ2v) is 5.83. The molecule has 0 atom stereocenters. The maximum atomic E-state index is 12.4. The molecule has 6 nitrogen and oxygen atoms in total. The minimum absolute atomic E-state index is 0.141. The molecular formula is C17H16ClN5O. The van der Waals surface area contributed by atoms with Crippen molar-refractivity contribution in [2.75, 3.05) is 5.32 Å². The quantitative estimate of drug-likeness (QED) is 0.792. The number of benzene rings is 1. The molecule has 0 unspecified atom stereocenters. The van der Waals surface area contributed by atoms with E-state index in [0.717, 1.165) is 16.8 Å². The van der Waals surface area contributed by atoms with Crippen molar-refractivity contribution < 1.29 is 4.79 Å². The lowest BCUT2D eigenvalue weighted by molar-refractivity contribution is 0.102. The van der Waals surface area contributed by atoms with Crippen LogP contribution in [-0.4, -0.2) is 25.7 Å². The predicted octanol–water partition coefficient (Wildman–Crippen LogP) is 3.40. The van der Waals surface area contributed by atoms with Gasteiger partial charge in [-0.1, -0.05) is 35.9 Å². The van der Waals surface area contributed by atoms with E-state index < -0.39 is 5.91 Å². The van der Waals surface area contributed by atoms with Crippen molar-refractivity contribution in [3.8, 4) is 11.3 Å². The number of rotatable bonds is 3. The van der Waals surface area contributed by atoms with Gasteiger partial charge in [-0.15, -0.1) is 0 Å². The number of anilines is 1. The van der Waals surface area contributed by atoms with Crippen LogP contribution in [-0.2, 0) is 7.05 Å². The topological polar surface area (TPSA) is 72.7 Å². The van der Waals surface area contributed by atoms with Crippen molar-refractivity contribution in [1.82, 2.24) is 19.7 Å². The molecule has 2 heterocycles. The number of hydrogen-bond acceptors (Lipinski definition) is 4. The molecule has 3 rings (SSSR count). The highest BCUT2D eigenvalue weighted by Gasteiger charge is 2.16. The zero-order valence-electron chi connectivity index (χ0n) is 13.5. The molecule has 7 heteroatoms. The summed E-state index contributed by atoms with van der Waals surface area (Å²) >= 11 is 6.01. The zero-order valence-corrected chi connectivity index (χ0v) is 14.3. The van der Waals surface area contributed by atoms with E-state index in [4.69, 9.17) is 11.6 Å². The molecule has 0 aliphatic carbocycles. The summed E-state index contributed by atoms with van der Waals surface area (Å²) in [6.07, 6.45) is 1.42. The van der Waals surface area contributed by atoms with Crippen LogP contribution in [0.25, 0.3) is 11.3 Å². The lowest BCUT2D eigenvalue weighted by Crippen LogP contribution is -2.17. The Balaban J connectivity index is 1.90. The van der Waals surface area contributed by atoms with Crippen LogP contribution in [0.3, 0.4) is 0 Å². The van der Waals surface area contributed by atoms with E-state index in [-0.39, 0.29) is 10.7 Å². The van der Waals surface area contributed by atoms with E-state index in [1.54, 1.807) is 18.7 Å². The Bertz CT molecular complexity index is 919. The summed E-state index contributed by atoms with van der Waals surface area (Å²) in [6.45, 7) is 3.72. The fraction of sp³-hybridized carbons (Fsp3) is 0.176. The van der Waals surface area contributed by atoms with Crippen LogP contribution in [0.4, 0.5) is 5.82 Å².